The van der Waals surface area contributed by atoms with Gasteiger partial charge < -0.3 is 19.3 Å². The molecule has 7 nitrogen and oxygen atoms in total. The molecule has 2 amide bonds. The maximum absolute atomic E-state index is 12.7. The number of nitrogens with zero attached hydrogens (tertiary/aromatic N) is 3. The third-order valence-corrected chi connectivity index (χ3v) is 5.96. The van der Waals surface area contributed by atoms with Crippen LogP contribution in [0.4, 0.5) is 21.0 Å². The van der Waals surface area contributed by atoms with Crippen LogP contribution in [0.5, 0.6) is 0 Å². The number of hydrogen-bond donors (Lipinski definition) is 0. The Bertz CT molecular complexity index is 996. The van der Waals surface area contributed by atoms with Crippen LogP contribution in [0.25, 0.3) is 0 Å². The van der Waals surface area contributed by atoms with Crippen LogP contribution in [0.3, 0.4) is 0 Å². The lowest BCUT2D eigenvalue weighted by molar-refractivity contribution is 0.0265. The monoisotopic (exact) mass is 451 g/mol. The molecule has 33 heavy (non-hydrogen) atoms. The molecule has 1 fully saturated rings. The smallest absolute Gasteiger partial charge is 0.414 e. The van der Waals surface area contributed by atoms with Crippen molar-refractivity contribution in [1.29, 1.82) is 0 Å². The maximum atomic E-state index is 12.7. The van der Waals surface area contributed by atoms with Crippen molar-refractivity contribution in [2.45, 2.75) is 39.4 Å². The molecule has 0 saturated carbocycles. The van der Waals surface area contributed by atoms with E-state index in [9.17, 15) is 9.59 Å². The fourth-order valence-corrected chi connectivity index (χ4v) is 4.38. The number of benzene rings is 2. The SMILES string of the molecule is CN(CC1CN(c2cccc3c2CCN3C(=O)OCc2ccccc2)C1)C(=O)OC(C)(C)C. The van der Waals surface area contributed by atoms with Gasteiger partial charge in [-0.1, -0.05) is 36.4 Å². The Morgan fingerprint density at radius 1 is 1.03 bits per heavy atom. The standard InChI is InChI=1S/C26H33N3O4/c1-26(2,3)33-24(30)27(4)15-20-16-28(17-20)22-11-8-12-23-21(22)13-14-29(23)25(31)32-18-19-9-6-5-7-10-19/h5-12,20H,13-18H2,1-4H3. The summed E-state index contributed by atoms with van der Waals surface area (Å²) in [6.45, 7) is 8.94. The number of carbonyl (C=O) groups is 2. The summed E-state index contributed by atoms with van der Waals surface area (Å²) < 4.78 is 11.0. The fraction of sp³-hybridized carbons (Fsp3) is 0.462. The molecule has 0 bridgehead atoms. The van der Waals surface area contributed by atoms with Crippen LogP contribution in [0.1, 0.15) is 31.9 Å². The third kappa shape index (κ3) is 5.41. The molecule has 0 aliphatic carbocycles. The zero-order valence-corrected chi connectivity index (χ0v) is 19.9. The molecule has 0 unspecified atom stereocenters. The Labute approximate surface area is 195 Å². The lowest BCUT2D eigenvalue weighted by Gasteiger charge is -2.43. The van der Waals surface area contributed by atoms with E-state index in [1.165, 1.54) is 11.3 Å². The predicted molar refractivity (Wildman–Crippen MR) is 129 cm³/mol. The van der Waals surface area contributed by atoms with Crippen LogP contribution in [-0.4, -0.2) is 55.9 Å². The molecule has 176 valence electrons. The van der Waals surface area contributed by atoms with Gasteiger partial charge in [0, 0.05) is 50.4 Å². The first-order valence-electron chi connectivity index (χ1n) is 11.5. The molecule has 4 rings (SSSR count). The van der Waals surface area contributed by atoms with Crippen molar-refractivity contribution < 1.29 is 19.1 Å². The summed E-state index contributed by atoms with van der Waals surface area (Å²) in [5, 5.41) is 0. The molecule has 2 aliphatic heterocycles. The van der Waals surface area contributed by atoms with Crippen molar-refractivity contribution in [3.63, 3.8) is 0 Å². The summed E-state index contributed by atoms with van der Waals surface area (Å²) >= 11 is 0. The lowest BCUT2D eigenvalue weighted by Crippen LogP contribution is -2.52. The summed E-state index contributed by atoms with van der Waals surface area (Å²) in [5.74, 6) is 0.395. The summed E-state index contributed by atoms with van der Waals surface area (Å²) in [6.07, 6.45) is 0.215. The van der Waals surface area contributed by atoms with Gasteiger partial charge in [0.15, 0.2) is 0 Å². The zero-order chi connectivity index (χ0) is 23.6. The fourth-order valence-electron chi connectivity index (χ4n) is 4.38. The minimum Gasteiger partial charge on any atom is -0.444 e. The largest absolute Gasteiger partial charge is 0.444 e. The van der Waals surface area contributed by atoms with Gasteiger partial charge in [0.2, 0.25) is 0 Å². The predicted octanol–water partition coefficient (Wildman–Crippen LogP) is 4.69. The Morgan fingerprint density at radius 3 is 2.42 bits per heavy atom. The number of ether oxygens (including phenoxy) is 2. The minimum absolute atomic E-state index is 0.268. The average Bonchev–Trinajstić information content (AvgIpc) is 3.18. The highest BCUT2D eigenvalue weighted by molar-refractivity contribution is 5.92. The molecule has 0 aromatic heterocycles. The van der Waals surface area contributed by atoms with E-state index in [1.807, 2.05) is 63.2 Å². The van der Waals surface area contributed by atoms with Gasteiger partial charge in [-0.05, 0) is 44.9 Å². The van der Waals surface area contributed by atoms with Crippen LogP contribution in [0, 0.1) is 5.92 Å². The molecule has 0 radical (unpaired) electrons. The number of hydrogen-bond acceptors (Lipinski definition) is 5. The summed E-state index contributed by atoms with van der Waals surface area (Å²) in [7, 11) is 1.79. The Hall–Kier alpha value is -3.22. The number of anilines is 2. The van der Waals surface area contributed by atoms with Crippen molar-refractivity contribution in [3.05, 3.63) is 59.7 Å². The molecule has 2 aliphatic rings. The second kappa shape index (κ2) is 9.33. The van der Waals surface area contributed by atoms with E-state index in [-0.39, 0.29) is 18.8 Å². The van der Waals surface area contributed by atoms with Gasteiger partial charge in [-0.2, -0.15) is 0 Å². The van der Waals surface area contributed by atoms with Crippen LogP contribution < -0.4 is 9.80 Å². The second-order valence-corrected chi connectivity index (χ2v) is 9.85. The van der Waals surface area contributed by atoms with Gasteiger partial charge in [0.25, 0.3) is 0 Å². The Kier molecular flexibility index (Phi) is 6.49. The molecule has 7 heteroatoms. The first-order chi connectivity index (χ1) is 15.7. The van der Waals surface area contributed by atoms with Crippen LogP contribution in [0.2, 0.25) is 0 Å². The molecular weight excluding hydrogens is 418 g/mol. The van der Waals surface area contributed by atoms with E-state index < -0.39 is 5.60 Å². The van der Waals surface area contributed by atoms with Gasteiger partial charge >= 0.3 is 12.2 Å². The highest BCUT2D eigenvalue weighted by atomic mass is 16.6. The zero-order valence-electron chi connectivity index (χ0n) is 19.9. The number of amides is 2. The lowest BCUT2D eigenvalue weighted by atomic mass is 9.96. The summed E-state index contributed by atoms with van der Waals surface area (Å²) in [6, 6.07) is 15.8. The number of rotatable bonds is 5. The van der Waals surface area contributed by atoms with E-state index in [0.29, 0.717) is 19.0 Å². The molecule has 1 saturated heterocycles. The first-order valence-corrected chi connectivity index (χ1v) is 11.5. The molecule has 0 N–H and O–H groups in total. The average molecular weight is 452 g/mol. The van der Waals surface area contributed by atoms with Crippen molar-refractivity contribution in [2.24, 2.45) is 5.92 Å². The highest BCUT2D eigenvalue weighted by Crippen LogP contribution is 2.38. The molecule has 2 aromatic carbocycles. The van der Waals surface area contributed by atoms with E-state index in [4.69, 9.17) is 9.47 Å². The van der Waals surface area contributed by atoms with Gasteiger partial charge in [-0.3, -0.25) is 4.90 Å². The van der Waals surface area contributed by atoms with E-state index in [2.05, 4.69) is 11.0 Å². The summed E-state index contributed by atoms with van der Waals surface area (Å²) in [4.78, 5) is 30.7. The van der Waals surface area contributed by atoms with Gasteiger partial charge in [-0.25, -0.2) is 9.59 Å². The second-order valence-electron chi connectivity index (χ2n) is 9.85. The van der Waals surface area contributed by atoms with E-state index in [0.717, 1.165) is 30.8 Å². The first kappa shape index (κ1) is 23.0. The van der Waals surface area contributed by atoms with Crippen molar-refractivity contribution in [1.82, 2.24) is 4.90 Å². The third-order valence-electron chi connectivity index (χ3n) is 5.96. The van der Waals surface area contributed by atoms with Crippen LogP contribution in [0.15, 0.2) is 48.5 Å². The van der Waals surface area contributed by atoms with Gasteiger partial charge in [0.1, 0.15) is 12.2 Å². The molecule has 2 aromatic rings. The normalized spacial score (nSPS) is 15.6. The van der Waals surface area contributed by atoms with Crippen molar-refractivity contribution in [3.8, 4) is 0 Å². The minimum atomic E-state index is -0.490. The quantitative estimate of drug-likeness (QED) is 0.660. The Balaban J connectivity index is 1.33. The molecule has 2 heterocycles. The molecular formula is C26H33N3O4. The van der Waals surface area contributed by atoms with E-state index in [1.54, 1.807) is 16.8 Å². The summed E-state index contributed by atoms with van der Waals surface area (Å²) in [5.41, 5.74) is 3.77. The van der Waals surface area contributed by atoms with Crippen molar-refractivity contribution in [2.75, 3.05) is 43.0 Å². The number of carbonyl (C=O) groups excluding carboxylic acids is 2. The van der Waals surface area contributed by atoms with Crippen molar-refractivity contribution >= 4 is 23.6 Å². The molecule has 0 atom stereocenters. The maximum Gasteiger partial charge on any atom is 0.414 e. The van der Waals surface area contributed by atoms with Gasteiger partial charge in [-0.15, -0.1) is 0 Å². The Morgan fingerprint density at radius 2 is 1.73 bits per heavy atom. The molecule has 0 spiro atoms. The topological polar surface area (TPSA) is 62.3 Å². The van der Waals surface area contributed by atoms with Crippen LogP contribution in [-0.2, 0) is 22.5 Å². The van der Waals surface area contributed by atoms with Crippen LogP contribution >= 0.6 is 0 Å². The highest BCUT2D eigenvalue weighted by Gasteiger charge is 2.34. The van der Waals surface area contributed by atoms with Gasteiger partial charge in [0.05, 0.1) is 5.69 Å². The number of fused-ring (bicyclic) bond motifs is 1. The van der Waals surface area contributed by atoms with E-state index >= 15 is 0 Å².